The van der Waals surface area contributed by atoms with E-state index in [-0.39, 0.29) is 12.1 Å². The number of esters is 2. The average molecular weight is 330 g/mol. The van der Waals surface area contributed by atoms with E-state index in [2.05, 4.69) is 19.8 Å². The van der Waals surface area contributed by atoms with Crippen molar-refractivity contribution >= 4 is 34.9 Å². The first-order chi connectivity index (χ1) is 10.0. The van der Waals surface area contributed by atoms with Gasteiger partial charge in [-0.2, -0.15) is 0 Å². The smallest absolute Gasteiger partial charge is 0.360 e. The Kier molecular flexibility index (Phi) is 4.92. The molecule has 0 aromatic carbocycles. The van der Waals surface area contributed by atoms with E-state index in [9.17, 15) is 9.59 Å². The molecule has 7 nitrogen and oxygen atoms in total. The summed E-state index contributed by atoms with van der Waals surface area (Å²) in [6, 6.07) is 3.61. The predicted molar refractivity (Wildman–Crippen MR) is 75.5 cm³/mol. The van der Waals surface area contributed by atoms with Crippen molar-refractivity contribution in [2.75, 3.05) is 14.2 Å². The second-order valence-corrected chi connectivity index (χ2v) is 5.79. The summed E-state index contributed by atoms with van der Waals surface area (Å²) < 4.78 is 11.4. The highest BCUT2D eigenvalue weighted by molar-refractivity contribution is 7.16. The first-order valence-electron chi connectivity index (χ1n) is 5.87. The summed E-state index contributed by atoms with van der Waals surface area (Å²) in [6.07, 6.45) is -0.118. The second-order valence-electron chi connectivity index (χ2n) is 3.99. The van der Waals surface area contributed by atoms with Gasteiger partial charge in [0, 0.05) is 4.88 Å². The maximum atomic E-state index is 11.7. The molecule has 0 N–H and O–H groups in total. The summed E-state index contributed by atoms with van der Waals surface area (Å²) in [7, 11) is 2.51. The van der Waals surface area contributed by atoms with Gasteiger partial charge >= 0.3 is 11.9 Å². The number of halogens is 1. The monoisotopic (exact) mass is 329 g/mol. The standard InChI is InChI=1S/C12H12ClN3O4S/c1-19-10(17)5-8-11(12(18)20-2)14-15-16(8)6-7-3-4-9(13)21-7/h3-4H,5-6H2,1-2H3. The molecule has 0 spiro atoms. The molecule has 0 fully saturated rings. The molecule has 0 saturated heterocycles. The Balaban J connectivity index is 2.33. The lowest BCUT2D eigenvalue weighted by atomic mass is 10.2. The molecule has 0 radical (unpaired) electrons. The number of hydrogen-bond acceptors (Lipinski definition) is 7. The molecule has 0 aliphatic carbocycles. The van der Waals surface area contributed by atoms with E-state index in [0.717, 1.165) is 4.88 Å². The zero-order chi connectivity index (χ0) is 15.4. The zero-order valence-electron chi connectivity index (χ0n) is 11.3. The van der Waals surface area contributed by atoms with E-state index in [1.807, 2.05) is 6.07 Å². The van der Waals surface area contributed by atoms with E-state index in [4.69, 9.17) is 11.6 Å². The third-order valence-electron chi connectivity index (χ3n) is 2.69. The van der Waals surface area contributed by atoms with Crippen LogP contribution in [0.15, 0.2) is 12.1 Å². The highest BCUT2D eigenvalue weighted by Gasteiger charge is 2.23. The lowest BCUT2D eigenvalue weighted by Gasteiger charge is -2.05. The van der Waals surface area contributed by atoms with Gasteiger partial charge in [0.25, 0.3) is 0 Å². The van der Waals surface area contributed by atoms with Crippen LogP contribution in [0, 0.1) is 0 Å². The molecule has 2 rings (SSSR count). The Morgan fingerprint density at radius 3 is 2.67 bits per heavy atom. The molecule has 2 aromatic rings. The Labute approximate surface area is 129 Å². The Morgan fingerprint density at radius 1 is 1.33 bits per heavy atom. The molecule has 2 heterocycles. The number of thiophene rings is 1. The van der Waals surface area contributed by atoms with Gasteiger partial charge in [0.2, 0.25) is 0 Å². The molecule has 2 aromatic heterocycles. The lowest BCUT2D eigenvalue weighted by Crippen LogP contribution is -2.15. The van der Waals surface area contributed by atoms with Crippen LogP contribution in [-0.2, 0) is 27.2 Å². The van der Waals surface area contributed by atoms with Crippen LogP contribution in [0.3, 0.4) is 0 Å². The SMILES string of the molecule is COC(=O)Cc1c(C(=O)OC)nnn1Cc1ccc(Cl)s1. The Hall–Kier alpha value is -1.93. The number of aromatic nitrogens is 3. The molecule has 0 saturated carbocycles. The van der Waals surface area contributed by atoms with Gasteiger partial charge in [-0.1, -0.05) is 16.8 Å². The molecule has 0 aliphatic heterocycles. The van der Waals surface area contributed by atoms with Crippen molar-refractivity contribution in [3.05, 3.63) is 32.7 Å². The summed E-state index contributed by atoms with van der Waals surface area (Å²) in [5, 5.41) is 7.68. The van der Waals surface area contributed by atoms with Crippen molar-refractivity contribution < 1.29 is 19.1 Å². The van der Waals surface area contributed by atoms with Crippen molar-refractivity contribution in [1.82, 2.24) is 15.0 Å². The van der Waals surface area contributed by atoms with Crippen molar-refractivity contribution in [1.29, 1.82) is 0 Å². The van der Waals surface area contributed by atoms with Crippen molar-refractivity contribution in [3.8, 4) is 0 Å². The highest BCUT2D eigenvalue weighted by Crippen LogP contribution is 2.23. The van der Waals surface area contributed by atoms with Crippen LogP contribution in [0.5, 0.6) is 0 Å². The fourth-order valence-corrected chi connectivity index (χ4v) is 2.75. The summed E-state index contributed by atoms with van der Waals surface area (Å²) in [4.78, 5) is 24.1. The minimum Gasteiger partial charge on any atom is -0.469 e. The highest BCUT2D eigenvalue weighted by atomic mass is 35.5. The van der Waals surface area contributed by atoms with E-state index < -0.39 is 11.9 Å². The molecule has 112 valence electrons. The van der Waals surface area contributed by atoms with E-state index in [1.54, 1.807) is 6.07 Å². The fraction of sp³-hybridized carbons (Fsp3) is 0.333. The first kappa shape index (κ1) is 15.5. The number of hydrogen-bond donors (Lipinski definition) is 0. The molecule has 9 heteroatoms. The number of methoxy groups -OCH3 is 2. The van der Waals surface area contributed by atoms with E-state index in [1.165, 1.54) is 30.2 Å². The molecule has 0 atom stereocenters. The van der Waals surface area contributed by atoms with Crippen LogP contribution in [0.4, 0.5) is 0 Å². The number of ether oxygens (including phenoxy) is 2. The minimum atomic E-state index is -0.649. The number of carbonyl (C=O) groups is 2. The quantitative estimate of drug-likeness (QED) is 0.774. The first-order valence-corrected chi connectivity index (χ1v) is 7.06. The third kappa shape index (κ3) is 3.59. The lowest BCUT2D eigenvalue weighted by molar-refractivity contribution is -0.139. The van der Waals surface area contributed by atoms with Gasteiger partial charge in [-0.15, -0.1) is 16.4 Å². The van der Waals surface area contributed by atoms with Gasteiger partial charge in [0.1, 0.15) is 0 Å². The van der Waals surface area contributed by atoms with Crippen LogP contribution in [0.2, 0.25) is 4.34 Å². The zero-order valence-corrected chi connectivity index (χ0v) is 12.9. The Bertz CT molecular complexity index is 667. The molecule has 0 aliphatic rings. The fourth-order valence-electron chi connectivity index (χ4n) is 1.68. The molecular weight excluding hydrogens is 318 g/mol. The largest absolute Gasteiger partial charge is 0.469 e. The van der Waals surface area contributed by atoms with Gasteiger partial charge in [0.05, 0.1) is 37.2 Å². The summed E-state index contributed by atoms with van der Waals surface area (Å²) >= 11 is 7.26. The van der Waals surface area contributed by atoms with Crippen molar-refractivity contribution in [2.45, 2.75) is 13.0 Å². The normalized spacial score (nSPS) is 10.4. The van der Waals surface area contributed by atoms with Gasteiger partial charge in [0.15, 0.2) is 5.69 Å². The maximum Gasteiger partial charge on any atom is 0.360 e. The number of rotatable bonds is 5. The second kappa shape index (κ2) is 6.68. The minimum absolute atomic E-state index is 0.00514. The molecule has 21 heavy (non-hydrogen) atoms. The topological polar surface area (TPSA) is 83.3 Å². The van der Waals surface area contributed by atoms with Crippen molar-refractivity contribution in [2.24, 2.45) is 0 Å². The van der Waals surface area contributed by atoms with Crippen LogP contribution >= 0.6 is 22.9 Å². The third-order valence-corrected chi connectivity index (χ3v) is 3.91. The van der Waals surface area contributed by atoms with Crippen LogP contribution in [0.25, 0.3) is 0 Å². The summed E-state index contributed by atoms with van der Waals surface area (Å²) in [5.74, 6) is -1.14. The van der Waals surface area contributed by atoms with Gasteiger partial charge in [-0.3, -0.25) is 4.79 Å². The molecule has 0 unspecified atom stereocenters. The van der Waals surface area contributed by atoms with E-state index in [0.29, 0.717) is 16.6 Å². The molecule has 0 amide bonds. The maximum absolute atomic E-state index is 11.7. The Morgan fingerprint density at radius 2 is 2.10 bits per heavy atom. The number of carbonyl (C=O) groups excluding carboxylic acids is 2. The van der Waals surface area contributed by atoms with Gasteiger partial charge < -0.3 is 9.47 Å². The predicted octanol–water partition coefficient (Wildman–Crippen LogP) is 1.54. The van der Waals surface area contributed by atoms with Crippen LogP contribution < -0.4 is 0 Å². The van der Waals surface area contributed by atoms with E-state index >= 15 is 0 Å². The van der Waals surface area contributed by atoms with Gasteiger partial charge in [-0.05, 0) is 12.1 Å². The van der Waals surface area contributed by atoms with Crippen LogP contribution in [-0.4, -0.2) is 41.2 Å². The number of nitrogens with zero attached hydrogens (tertiary/aromatic N) is 3. The average Bonchev–Trinajstić information content (AvgIpc) is 3.05. The van der Waals surface area contributed by atoms with Crippen LogP contribution in [0.1, 0.15) is 21.1 Å². The van der Waals surface area contributed by atoms with Gasteiger partial charge in [-0.25, -0.2) is 9.48 Å². The summed E-state index contributed by atoms with van der Waals surface area (Å²) in [6.45, 7) is 0.355. The molecular formula is C12H12ClN3O4S. The summed E-state index contributed by atoms with van der Waals surface area (Å²) in [5.41, 5.74) is 0.351. The van der Waals surface area contributed by atoms with Crippen molar-refractivity contribution in [3.63, 3.8) is 0 Å². The molecule has 0 bridgehead atoms.